The average Bonchev–Trinajstić information content (AvgIpc) is 2.97. The predicted octanol–water partition coefficient (Wildman–Crippen LogP) is 1.84. The normalized spacial score (nSPS) is 30.1. The van der Waals surface area contributed by atoms with Crippen LogP contribution in [0.2, 0.25) is 0 Å². The number of imide groups is 1. The maximum absolute atomic E-state index is 15.6. The molecule has 3 fully saturated rings. The van der Waals surface area contributed by atoms with Crippen LogP contribution in [-0.2, 0) is 32.0 Å². The number of amides is 3. The zero-order chi connectivity index (χ0) is 23.7. The van der Waals surface area contributed by atoms with Crippen LogP contribution in [0.4, 0.5) is 4.39 Å². The van der Waals surface area contributed by atoms with Gasteiger partial charge in [0.25, 0.3) is 5.91 Å². The summed E-state index contributed by atoms with van der Waals surface area (Å²) in [6.07, 6.45) is 5.73. The highest BCUT2D eigenvalue weighted by Gasteiger charge is 2.41. The van der Waals surface area contributed by atoms with E-state index in [4.69, 9.17) is 9.47 Å². The fourth-order valence-corrected chi connectivity index (χ4v) is 5.63. The molecule has 0 saturated carbocycles. The Morgan fingerprint density at radius 3 is 2.76 bits per heavy atom. The van der Waals surface area contributed by atoms with Crippen molar-refractivity contribution in [3.8, 4) is 0 Å². The van der Waals surface area contributed by atoms with Crippen molar-refractivity contribution in [2.75, 3.05) is 19.8 Å². The number of ether oxygens (including phenoxy) is 2. The fraction of sp³-hybridized carbons (Fsp3) is 0.640. The molecular formula is C25H32FN3O5. The van der Waals surface area contributed by atoms with Gasteiger partial charge in [-0.05, 0) is 50.2 Å². The number of benzene rings is 1. The Morgan fingerprint density at radius 1 is 1.06 bits per heavy atom. The second kappa shape index (κ2) is 10.1. The topological polar surface area (TPSA) is 97.0 Å². The number of nitrogens with one attached hydrogen (secondary N) is 2. The van der Waals surface area contributed by atoms with Gasteiger partial charge >= 0.3 is 0 Å². The summed E-state index contributed by atoms with van der Waals surface area (Å²) < 4.78 is 27.3. The third kappa shape index (κ3) is 4.74. The zero-order valence-electron chi connectivity index (χ0n) is 19.3. The molecule has 0 radical (unpaired) electrons. The predicted molar refractivity (Wildman–Crippen MR) is 121 cm³/mol. The molecule has 4 atom stereocenters. The van der Waals surface area contributed by atoms with Crippen LogP contribution in [-0.4, -0.2) is 66.7 Å². The SMILES string of the molecule is O=C1CCC(N2Cc3c(ccc(C[C@H]4OCCC[C@@H]4NC4CCCOCC4)c3F)C2=O)C(=O)N1. The smallest absolute Gasteiger partial charge is 0.255 e. The van der Waals surface area contributed by atoms with Crippen molar-refractivity contribution in [1.82, 2.24) is 15.5 Å². The highest BCUT2D eigenvalue weighted by atomic mass is 19.1. The van der Waals surface area contributed by atoms with Crippen molar-refractivity contribution >= 4 is 17.7 Å². The van der Waals surface area contributed by atoms with Crippen molar-refractivity contribution in [3.63, 3.8) is 0 Å². The minimum absolute atomic E-state index is 0.0371. The van der Waals surface area contributed by atoms with Crippen LogP contribution < -0.4 is 10.6 Å². The minimum Gasteiger partial charge on any atom is -0.381 e. The van der Waals surface area contributed by atoms with Crippen molar-refractivity contribution in [2.24, 2.45) is 0 Å². The van der Waals surface area contributed by atoms with Crippen LogP contribution in [0, 0.1) is 5.82 Å². The quantitative estimate of drug-likeness (QED) is 0.634. The van der Waals surface area contributed by atoms with Gasteiger partial charge in [0.2, 0.25) is 11.8 Å². The molecule has 2 unspecified atom stereocenters. The number of nitrogens with zero attached hydrogens (tertiary/aromatic N) is 1. The Bertz CT molecular complexity index is 962. The van der Waals surface area contributed by atoms with E-state index in [2.05, 4.69) is 10.6 Å². The summed E-state index contributed by atoms with van der Waals surface area (Å²) in [5, 5.41) is 6.02. The number of fused-ring (bicyclic) bond motifs is 1. The first kappa shape index (κ1) is 23.4. The number of piperidine rings is 1. The summed E-state index contributed by atoms with van der Waals surface area (Å²) in [4.78, 5) is 38.1. The molecule has 5 rings (SSSR count). The first-order valence-corrected chi connectivity index (χ1v) is 12.4. The highest BCUT2D eigenvalue weighted by molar-refractivity contribution is 6.05. The monoisotopic (exact) mass is 473 g/mol. The molecule has 4 heterocycles. The van der Waals surface area contributed by atoms with Crippen molar-refractivity contribution in [3.05, 3.63) is 34.6 Å². The third-order valence-electron chi connectivity index (χ3n) is 7.49. The van der Waals surface area contributed by atoms with Gasteiger partial charge in [-0.2, -0.15) is 0 Å². The van der Waals surface area contributed by atoms with Crippen LogP contribution >= 0.6 is 0 Å². The molecule has 9 heteroatoms. The maximum Gasteiger partial charge on any atom is 0.255 e. The van der Waals surface area contributed by atoms with Gasteiger partial charge in [0.1, 0.15) is 11.9 Å². The Hall–Kier alpha value is -2.36. The molecule has 4 aliphatic rings. The molecule has 0 aliphatic carbocycles. The van der Waals surface area contributed by atoms with E-state index in [1.807, 2.05) is 0 Å². The molecule has 1 aromatic rings. The Labute approximate surface area is 198 Å². The van der Waals surface area contributed by atoms with Crippen LogP contribution in [0.25, 0.3) is 0 Å². The molecule has 3 saturated heterocycles. The van der Waals surface area contributed by atoms with Gasteiger partial charge in [0.05, 0.1) is 12.6 Å². The number of halogens is 1. The molecule has 2 N–H and O–H groups in total. The minimum atomic E-state index is -0.751. The molecule has 0 bridgehead atoms. The molecule has 34 heavy (non-hydrogen) atoms. The molecule has 8 nitrogen and oxygen atoms in total. The largest absolute Gasteiger partial charge is 0.381 e. The standard InChI is InChI=1S/C25H32FN3O5/c26-23-15(13-21-19(4-2-11-34-21)27-16-3-1-10-33-12-9-16)5-6-17-18(23)14-29(25(17)32)20-7-8-22(30)28-24(20)31/h5-6,16,19-21,27H,1-4,7-14H2,(H,28,30,31)/t16?,19-,20?,21+/m0/s1. The number of hydrogen-bond acceptors (Lipinski definition) is 6. The van der Waals surface area contributed by atoms with Gasteiger partial charge in [0, 0.05) is 55.9 Å². The van der Waals surface area contributed by atoms with Gasteiger partial charge in [-0.25, -0.2) is 4.39 Å². The second-order valence-corrected chi connectivity index (χ2v) is 9.73. The lowest BCUT2D eigenvalue weighted by atomic mass is 9.93. The highest BCUT2D eigenvalue weighted by Crippen LogP contribution is 2.32. The summed E-state index contributed by atoms with van der Waals surface area (Å²) >= 11 is 0. The average molecular weight is 474 g/mol. The van der Waals surface area contributed by atoms with Gasteiger partial charge in [-0.1, -0.05) is 6.07 Å². The lowest BCUT2D eigenvalue weighted by molar-refractivity contribution is -0.136. The third-order valence-corrected chi connectivity index (χ3v) is 7.49. The van der Waals surface area contributed by atoms with E-state index in [0.29, 0.717) is 35.8 Å². The Balaban J connectivity index is 1.30. The van der Waals surface area contributed by atoms with Crippen LogP contribution in [0.3, 0.4) is 0 Å². The summed E-state index contributed by atoms with van der Waals surface area (Å²) in [6.45, 7) is 2.26. The van der Waals surface area contributed by atoms with E-state index < -0.39 is 17.8 Å². The van der Waals surface area contributed by atoms with E-state index in [0.717, 1.165) is 45.3 Å². The molecule has 4 aliphatic heterocycles. The van der Waals surface area contributed by atoms with Crippen LogP contribution in [0.5, 0.6) is 0 Å². The first-order valence-electron chi connectivity index (χ1n) is 12.4. The lowest BCUT2D eigenvalue weighted by Gasteiger charge is -2.35. The van der Waals surface area contributed by atoms with Crippen molar-refractivity contribution in [1.29, 1.82) is 0 Å². The van der Waals surface area contributed by atoms with E-state index in [9.17, 15) is 14.4 Å². The van der Waals surface area contributed by atoms with E-state index in [-0.39, 0.29) is 43.3 Å². The lowest BCUT2D eigenvalue weighted by Crippen LogP contribution is -2.52. The second-order valence-electron chi connectivity index (χ2n) is 9.73. The number of hydrogen-bond donors (Lipinski definition) is 2. The molecule has 1 aromatic carbocycles. The van der Waals surface area contributed by atoms with Gasteiger partial charge < -0.3 is 19.7 Å². The van der Waals surface area contributed by atoms with Gasteiger partial charge in [0.15, 0.2) is 0 Å². The van der Waals surface area contributed by atoms with Crippen molar-refractivity contribution < 1.29 is 28.2 Å². The molecule has 3 amide bonds. The summed E-state index contributed by atoms with van der Waals surface area (Å²) in [7, 11) is 0. The number of carbonyl (C=O) groups is 3. The van der Waals surface area contributed by atoms with E-state index >= 15 is 4.39 Å². The van der Waals surface area contributed by atoms with Crippen molar-refractivity contribution in [2.45, 2.75) is 82.1 Å². The first-order chi connectivity index (χ1) is 16.5. The fourth-order valence-electron chi connectivity index (χ4n) is 5.63. The van der Waals surface area contributed by atoms with Crippen LogP contribution in [0.1, 0.15) is 66.4 Å². The zero-order valence-corrected chi connectivity index (χ0v) is 19.3. The Morgan fingerprint density at radius 2 is 1.91 bits per heavy atom. The summed E-state index contributed by atoms with van der Waals surface area (Å²) in [6, 6.07) is 3.11. The summed E-state index contributed by atoms with van der Waals surface area (Å²) in [5.74, 6) is -1.59. The molecule has 0 aromatic heterocycles. The Kier molecular flexibility index (Phi) is 6.94. The molecular weight excluding hydrogens is 441 g/mol. The number of rotatable bonds is 5. The van der Waals surface area contributed by atoms with Gasteiger partial charge in [-0.3, -0.25) is 19.7 Å². The van der Waals surface area contributed by atoms with E-state index in [1.54, 1.807) is 12.1 Å². The van der Waals surface area contributed by atoms with E-state index in [1.165, 1.54) is 4.90 Å². The van der Waals surface area contributed by atoms with Crippen LogP contribution in [0.15, 0.2) is 12.1 Å². The van der Waals surface area contributed by atoms with Gasteiger partial charge in [-0.15, -0.1) is 0 Å². The number of carbonyl (C=O) groups excluding carboxylic acids is 3. The summed E-state index contributed by atoms with van der Waals surface area (Å²) in [5.41, 5.74) is 1.15. The maximum atomic E-state index is 15.6. The molecule has 0 spiro atoms. The molecule has 184 valence electrons.